The van der Waals surface area contributed by atoms with Gasteiger partial charge in [0.25, 0.3) is 5.91 Å². The van der Waals surface area contributed by atoms with Gasteiger partial charge in [0.2, 0.25) is 5.91 Å². The highest BCUT2D eigenvalue weighted by Gasteiger charge is 2.32. The van der Waals surface area contributed by atoms with Crippen LogP contribution in [0.5, 0.6) is 0 Å². The second-order valence-corrected chi connectivity index (χ2v) is 11.0. The van der Waals surface area contributed by atoms with Gasteiger partial charge in [-0.25, -0.2) is 8.78 Å². The normalized spacial score (nSPS) is 20.3. The lowest BCUT2D eigenvalue weighted by atomic mass is 10.1. The van der Waals surface area contributed by atoms with Crippen LogP contribution in [0.2, 0.25) is 5.02 Å². The van der Waals surface area contributed by atoms with Crippen LogP contribution in [0.15, 0.2) is 30.3 Å². The van der Waals surface area contributed by atoms with Crippen LogP contribution in [-0.4, -0.2) is 79.6 Å². The molecular formula is C28H33ClF5N5O2. The summed E-state index contributed by atoms with van der Waals surface area (Å²) in [6, 6.07) is 6.59. The molecule has 0 spiro atoms. The summed E-state index contributed by atoms with van der Waals surface area (Å²) in [5.41, 5.74) is 0.217. The lowest BCUT2D eigenvalue weighted by Gasteiger charge is -2.42. The first-order chi connectivity index (χ1) is 19.3. The predicted octanol–water partition coefficient (Wildman–Crippen LogP) is 5.04. The van der Waals surface area contributed by atoms with Crippen molar-refractivity contribution in [1.29, 1.82) is 0 Å². The number of halogens is 6. The molecule has 4 rings (SSSR count). The number of alkyl halides is 3. The summed E-state index contributed by atoms with van der Waals surface area (Å²) in [5.74, 6) is -3.71. The van der Waals surface area contributed by atoms with Crippen molar-refractivity contribution >= 4 is 34.8 Å². The number of carbonyl (C=O) groups is 2. The van der Waals surface area contributed by atoms with Gasteiger partial charge >= 0.3 is 6.18 Å². The molecular weight excluding hydrogens is 569 g/mol. The van der Waals surface area contributed by atoms with Crippen LogP contribution in [0.4, 0.5) is 33.3 Å². The minimum Gasteiger partial charge on any atom is -0.365 e. The Morgan fingerprint density at radius 1 is 1.07 bits per heavy atom. The molecule has 2 fully saturated rings. The molecule has 0 bridgehead atoms. The van der Waals surface area contributed by atoms with Crippen LogP contribution in [0.25, 0.3) is 0 Å². The van der Waals surface area contributed by atoms with Crippen molar-refractivity contribution in [1.82, 2.24) is 15.1 Å². The monoisotopic (exact) mass is 601 g/mol. The van der Waals surface area contributed by atoms with Crippen LogP contribution in [-0.2, 0) is 11.3 Å². The third kappa shape index (κ3) is 7.66. The summed E-state index contributed by atoms with van der Waals surface area (Å²) in [7, 11) is 1.83. The second kappa shape index (κ2) is 12.9. The standard InChI is InChI=1S/C28H33ClF5N5O2/c1-17-16-38(11-9-28(32,33)34)12-13-39(17)23-14-19(29)6-8-21(23)36-26(40)20-7-5-18(24(30)25(20)31)15-35-27(41)22-4-3-10-37(22)2/h5-8,14,17,22H,3-4,9-13,15-16H2,1-2H3,(H,35,41)(H,36,40)/t17-,22?/m1/s1. The van der Waals surface area contributed by atoms with Gasteiger partial charge in [-0.3, -0.25) is 19.4 Å². The van der Waals surface area contributed by atoms with Gasteiger partial charge in [-0.2, -0.15) is 13.2 Å². The number of piperazine rings is 1. The summed E-state index contributed by atoms with van der Waals surface area (Å²) in [4.78, 5) is 31.0. The van der Waals surface area contributed by atoms with Crippen LogP contribution < -0.4 is 15.5 Å². The maximum atomic E-state index is 15.0. The lowest BCUT2D eigenvalue weighted by Crippen LogP contribution is -2.52. The van der Waals surface area contributed by atoms with Gasteiger partial charge in [0.05, 0.1) is 29.4 Å². The maximum absolute atomic E-state index is 15.0. The van der Waals surface area contributed by atoms with Gasteiger partial charge in [0.15, 0.2) is 11.6 Å². The highest BCUT2D eigenvalue weighted by atomic mass is 35.5. The quantitative estimate of drug-likeness (QED) is 0.415. The smallest absolute Gasteiger partial charge is 0.365 e. The Morgan fingerprint density at radius 2 is 1.83 bits per heavy atom. The molecule has 0 aliphatic carbocycles. The molecule has 2 aromatic carbocycles. The summed E-state index contributed by atoms with van der Waals surface area (Å²) < 4.78 is 67.9. The number of rotatable bonds is 8. The van der Waals surface area contributed by atoms with Gasteiger partial charge in [-0.1, -0.05) is 17.7 Å². The molecule has 2 aromatic rings. The van der Waals surface area contributed by atoms with Gasteiger partial charge in [-0.15, -0.1) is 0 Å². The fraction of sp³-hybridized carbons (Fsp3) is 0.500. The molecule has 13 heteroatoms. The van der Waals surface area contributed by atoms with Crippen molar-refractivity contribution in [2.75, 3.05) is 50.0 Å². The van der Waals surface area contributed by atoms with Crippen LogP contribution in [0.1, 0.15) is 42.1 Å². The van der Waals surface area contributed by atoms with Crippen molar-refractivity contribution in [3.63, 3.8) is 0 Å². The zero-order chi connectivity index (χ0) is 29.9. The van der Waals surface area contributed by atoms with E-state index >= 15 is 4.39 Å². The molecule has 224 valence electrons. The van der Waals surface area contributed by atoms with Crippen LogP contribution >= 0.6 is 11.6 Å². The number of nitrogens with one attached hydrogen (secondary N) is 2. The Kier molecular flexibility index (Phi) is 9.76. The molecule has 2 N–H and O–H groups in total. The van der Waals surface area contributed by atoms with E-state index in [1.165, 1.54) is 18.2 Å². The highest BCUT2D eigenvalue weighted by Crippen LogP contribution is 2.33. The zero-order valence-corrected chi connectivity index (χ0v) is 23.6. The molecule has 7 nitrogen and oxygen atoms in total. The first kappa shape index (κ1) is 31.0. The van der Waals surface area contributed by atoms with Gasteiger partial charge in [-0.05, 0) is 57.6 Å². The second-order valence-electron chi connectivity index (χ2n) is 10.6. The third-order valence-electron chi connectivity index (χ3n) is 7.62. The third-order valence-corrected chi connectivity index (χ3v) is 7.86. The van der Waals surface area contributed by atoms with E-state index in [1.807, 2.05) is 23.8 Å². The summed E-state index contributed by atoms with van der Waals surface area (Å²) >= 11 is 6.21. The van der Waals surface area contributed by atoms with Crippen molar-refractivity contribution in [3.05, 3.63) is 58.1 Å². The number of likely N-dealkylation sites (tertiary alicyclic amines) is 1. The molecule has 2 saturated heterocycles. The van der Waals surface area contributed by atoms with Crippen LogP contribution in [0, 0.1) is 11.6 Å². The number of anilines is 2. The number of hydrogen-bond donors (Lipinski definition) is 2. The summed E-state index contributed by atoms with van der Waals surface area (Å²) in [6.45, 7) is 3.42. The molecule has 0 aromatic heterocycles. The number of amides is 2. The molecule has 41 heavy (non-hydrogen) atoms. The number of benzene rings is 2. The van der Waals surface area contributed by atoms with Gasteiger partial charge < -0.3 is 15.5 Å². The van der Waals surface area contributed by atoms with E-state index in [0.29, 0.717) is 42.5 Å². The minimum atomic E-state index is -4.24. The fourth-order valence-electron chi connectivity index (χ4n) is 5.36. The van der Waals surface area contributed by atoms with Gasteiger partial charge in [0, 0.05) is 49.4 Å². The number of likely N-dealkylation sites (N-methyl/N-ethyl adjacent to an activating group) is 1. The van der Waals surface area contributed by atoms with Gasteiger partial charge in [0.1, 0.15) is 0 Å². The Morgan fingerprint density at radius 3 is 2.49 bits per heavy atom. The molecule has 0 saturated carbocycles. The van der Waals surface area contributed by atoms with E-state index in [2.05, 4.69) is 10.6 Å². The van der Waals surface area contributed by atoms with E-state index in [4.69, 9.17) is 11.6 Å². The van der Waals surface area contributed by atoms with Crippen molar-refractivity contribution in [3.8, 4) is 0 Å². The fourth-order valence-corrected chi connectivity index (χ4v) is 5.53. The van der Waals surface area contributed by atoms with E-state index in [9.17, 15) is 27.2 Å². The van der Waals surface area contributed by atoms with E-state index in [0.717, 1.165) is 19.0 Å². The number of hydrogen-bond acceptors (Lipinski definition) is 5. The minimum absolute atomic E-state index is 0.0857. The molecule has 2 atom stereocenters. The average molecular weight is 602 g/mol. The largest absolute Gasteiger partial charge is 0.390 e. The Hall–Kier alpha value is -2.96. The zero-order valence-electron chi connectivity index (χ0n) is 22.8. The van der Waals surface area contributed by atoms with Crippen molar-refractivity contribution in [2.45, 2.75) is 51.0 Å². The van der Waals surface area contributed by atoms with E-state index in [1.54, 1.807) is 11.0 Å². The Bertz CT molecular complexity index is 1280. The maximum Gasteiger partial charge on any atom is 0.390 e. The predicted molar refractivity (Wildman–Crippen MR) is 147 cm³/mol. The number of carbonyl (C=O) groups excluding carboxylic acids is 2. The van der Waals surface area contributed by atoms with E-state index < -0.39 is 35.7 Å². The Labute approximate surface area is 240 Å². The SMILES string of the molecule is C[C@@H]1CN(CCC(F)(F)F)CCN1c1cc(Cl)ccc1NC(=O)c1ccc(CNC(=O)C2CCCN2C)c(F)c1F. The van der Waals surface area contributed by atoms with E-state index in [-0.39, 0.29) is 36.6 Å². The molecule has 2 aliphatic rings. The van der Waals surface area contributed by atoms with Crippen LogP contribution in [0.3, 0.4) is 0 Å². The molecule has 1 unspecified atom stereocenters. The summed E-state index contributed by atoms with van der Waals surface area (Å²) in [6.07, 6.45) is -3.56. The van der Waals surface area contributed by atoms with Crippen molar-refractivity contribution < 1.29 is 31.5 Å². The Balaban J connectivity index is 1.44. The highest BCUT2D eigenvalue weighted by molar-refractivity contribution is 6.31. The summed E-state index contributed by atoms with van der Waals surface area (Å²) in [5, 5.41) is 5.63. The topological polar surface area (TPSA) is 67.9 Å². The molecule has 2 amide bonds. The van der Waals surface area contributed by atoms with Crippen molar-refractivity contribution in [2.24, 2.45) is 0 Å². The number of nitrogens with zero attached hydrogens (tertiary/aromatic N) is 3. The molecule has 0 radical (unpaired) electrons. The first-order valence-electron chi connectivity index (χ1n) is 13.5. The molecule has 2 aliphatic heterocycles. The lowest BCUT2D eigenvalue weighted by molar-refractivity contribution is -0.138. The molecule has 2 heterocycles. The average Bonchev–Trinajstić information content (AvgIpc) is 3.34. The first-order valence-corrected chi connectivity index (χ1v) is 13.8.